The summed E-state index contributed by atoms with van der Waals surface area (Å²) in [6, 6.07) is 0. The van der Waals surface area contributed by atoms with Crippen molar-refractivity contribution >= 4 is 11.3 Å². The third kappa shape index (κ3) is 2.89. The maximum atomic E-state index is 5.96. The van der Waals surface area contributed by atoms with Gasteiger partial charge in [-0.25, -0.2) is 4.98 Å². The summed E-state index contributed by atoms with van der Waals surface area (Å²) in [5.74, 6) is 0. The Morgan fingerprint density at radius 1 is 1.75 bits per heavy atom. The molecule has 1 heterocycles. The zero-order valence-corrected chi connectivity index (χ0v) is 8.23. The molecule has 2 N–H and O–H groups in total. The standard InChI is InChI=1S/C8H14N2OS/c1-8(9,6-11-2)5-7-10-3-4-12-7/h3-4H,5-6,9H2,1-2H3. The summed E-state index contributed by atoms with van der Waals surface area (Å²) in [6.45, 7) is 2.53. The first-order chi connectivity index (χ1) is 5.64. The summed E-state index contributed by atoms with van der Waals surface area (Å²) in [5, 5.41) is 3.02. The minimum atomic E-state index is -0.299. The van der Waals surface area contributed by atoms with Crippen molar-refractivity contribution in [3.8, 4) is 0 Å². The number of aromatic nitrogens is 1. The Balaban J connectivity index is 2.50. The van der Waals surface area contributed by atoms with Gasteiger partial charge in [0.25, 0.3) is 0 Å². The third-order valence-electron chi connectivity index (χ3n) is 1.51. The van der Waals surface area contributed by atoms with E-state index in [4.69, 9.17) is 10.5 Å². The van der Waals surface area contributed by atoms with Crippen LogP contribution in [0.3, 0.4) is 0 Å². The van der Waals surface area contributed by atoms with Gasteiger partial charge in [-0.15, -0.1) is 11.3 Å². The van der Waals surface area contributed by atoms with Gasteiger partial charge < -0.3 is 10.5 Å². The van der Waals surface area contributed by atoms with Crippen molar-refractivity contribution in [1.29, 1.82) is 0 Å². The molecule has 3 nitrogen and oxygen atoms in total. The monoisotopic (exact) mass is 186 g/mol. The van der Waals surface area contributed by atoms with Crippen LogP contribution in [-0.4, -0.2) is 24.2 Å². The number of nitrogens with zero attached hydrogens (tertiary/aromatic N) is 1. The zero-order valence-electron chi connectivity index (χ0n) is 7.41. The van der Waals surface area contributed by atoms with E-state index in [0.717, 1.165) is 11.4 Å². The van der Waals surface area contributed by atoms with Gasteiger partial charge in [0.05, 0.1) is 11.6 Å². The normalized spacial score (nSPS) is 15.9. The van der Waals surface area contributed by atoms with E-state index in [9.17, 15) is 0 Å². The minimum absolute atomic E-state index is 0.299. The fourth-order valence-electron chi connectivity index (χ4n) is 1.07. The Kier molecular flexibility index (Phi) is 3.20. The molecule has 0 spiro atoms. The lowest BCUT2D eigenvalue weighted by Gasteiger charge is -2.21. The lowest BCUT2D eigenvalue weighted by Crippen LogP contribution is -2.43. The number of ether oxygens (including phenoxy) is 1. The number of rotatable bonds is 4. The van der Waals surface area contributed by atoms with E-state index in [1.807, 2.05) is 12.3 Å². The summed E-state index contributed by atoms with van der Waals surface area (Å²) in [6.07, 6.45) is 2.57. The Morgan fingerprint density at radius 2 is 2.50 bits per heavy atom. The van der Waals surface area contributed by atoms with Gasteiger partial charge in [-0.2, -0.15) is 0 Å². The first-order valence-electron chi connectivity index (χ1n) is 3.80. The highest BCUT2D eigenvalue weighted by molar-refractivity contribution is 7.09. The molecule has 0 saturated carbocycles. The summed E-state index contributed by atoms with van der Waals surface area (Å²) in [4.78, 5) is 4.17. The van der Waals surface area contributed by atoms with Crippen LogP contribution in [-0.2, 0) is 11.2 Å². The maximum absolute atomic E-state index is 5.96. The summed E-state index contributed by atoms with van der Waals surface area (Å²) < 4.78 is 5.01. The van der Waals surface area contributed by atoms with Gasteiger partial charge in [-0.1, -0.05) is 0 Å². The molecule has 1 aromatic rings. The second kappa shape index (κ2) is 3.98. The Labute approximate surface area is 76.6 Å². The molecule has 0 bridgehead atoms. The number of hydrogen-bond donors (Lipinski definition) is 1. The summed E-state index contributed by atoms with van der Waals surface area (Å²) >= 11 is 1.63. The SMILES string of the molecule is COCC(C)(N)Cc1nccs1. The molecule has 0 aliphatic carbocycles. The highest BCUT2D eigenvalue weighted by Gasteiger charge is 2.19. The molecule has 1 aromatic heterocycles. The Hall–Kier alpha value is -0.450. The molecule has 0 aliphatic rings. The smallest absolute Gasteiger partial charge is 0.0943 e. The molecule has 0 amide bonds. The highest BCUT2D eigenvalue weighted by Crippen LogP contribution is 2.12. The molecule has 4 heteroatoms. The molecule has 68 valence electrons. The van der Waals surface area contributed by atoms with Crippen LogP contribution >= 0.6 is 11.3 Å². The molecular weight excluding hydrogens is 172 g/mol. The Bertz CT molecular complexity index is 221. The average molecular weight is 186 g/mol. The molecule has 0 saturated heterocycles. The molecule has 1 atom stereocenters. The van der Waals surface area contributed by atoms with Crippen molar-refractivity contribution in [2.45, 2.75) is 18.9 Å². The van der Waals surface area contributed by atoms with Gasteiger partial charge in [0.15, 0.2) is 0 Å². The largest absolute Gasteiger partial charge is 0.383 e. The van der Waals surface area contributed by atoms with Crippen LogP contribution in [0.25, 0.3) is 0 Å². The van der Waals surface area contributed by atoms with E-state index in [-0.39, 0.29) is 5.54 Å². The summed E-state index contributed by atoms with van der Waals surface area (Å²) in [7, 11) is 1.66. The molecule has 1 unspecified atom stereocenters. The third-order valence-corrected chi connectivity index (χ3v) is 2.29. The van der Waals surface area contributed by atoms with Gasteiger partial charge in [-0.05, 0) is 6.92 Å². The van der Waals surface area contributed by atoms with E-state index in [1.165, 1.54) is 0 Å². The van der Waals surface area contributed by atoms with Gasteiger partial charge in [0.2, 0.25) is 0 Å². The van der Waals surface area contributed by atoms with E-state index in [2.05, 4.69) is 4.98 Å². The van der Waals surface area contributed by atoms with Crippen LogP contribution in [0.1, 0.15) is 11.9 Å². The van der Waals surface area contributed by atoms with Gasteiger partial charge in [0.1, 0.15) is 0 Å². The molecule has 1 rings (SSSR count). The van der Waals surface area contributed by atoms with Crippen LogP contribution in [0.4, 0.5) is 0 Å². The molecular formula is C8H14N2OS. The first-order valence-corrected chi connectivity index (χ1v) is 4.68. The summed E-state index contributed by atoms with van der Waals surface area (Å²) in [5.41, 5.74) is 5.66. The quantitative estimate of drug-likeness (QED) is 0.764. The molecule has 0 aliphatic heterocycles. The molecule has 0 fully saturated rings. The van der Waals surface area contributed by atoms with E-state index in [0.29, 0.717) is 6.61 Å². The average Bonchev–Trinajstić information content (AvgIpc) is 2.38. The van der Waals surface area contributed by atoms with Gasteiger partial charge in [-0.3, -0.25) is 0 Å². The predicted molar refractivity (Wildman–Crippen MR) is 50.3 cm³/mol. The maximum Gasteiger partial charge on any atom is 0.0943 e. The van der Waals surface area contributed by atoms with Crippen LogP contribution in [0.15, 0.2) is 11.6 Å². The molecule has 0 aromatic carbocycles. The number of nitrogens with two attached hydrogens (primary N) is 1. The highest BCUT2D eigenvalue weighted by atomic mass is 32.1. The lowest BCUT2D eigenvalue weighted by molar-refractivity contribution is 0.141. The fraction of sp³-hybridized carbons (Fsp3) is 0.625. The van der Waals surface area contributed by atoms with Crippen molar-refractivity contribution in [2.24, 2.45) is 5.73 Å². The van der Waals surface area contributed by atoms with E-state index < -0.39 is 0 Å². The molecule has 0 radical (unpaired) electrons. The van der Waals surface area contributed by atoms with E-state index in [1.54, 1.807) is 24.6 Å². The molecule has 12 heavy (non-hydrogen) atoms. The van der Waals surface area contributed by atoms with Crippen molar-refractivity contribution in [3.63, 3.8) is 0 Å². The van der Waals surface area contributed by atoms with Crippen molar-refractivity contribution in [1.82, 2.24) is 4.98 Å². The van der Waals surface area contributed by atoms with Crippen molar-refractivity contribution < 1.29 is 4.74 Å². The van der Waals surface area contributed by atoms with Gasteiger partial charge >= 0.3 is 0 Å². The zero-order chi connectivity index (χ0) is 9.03. The number of hydrogen-bond acceptors (Lipinski definition) is 4. The second-order valence-corrected chi connectivity index (χ2v) is 4.17. The van der Waals surface area contributed by atoms with Crippen LogP contribution in [0.2, 0.25) is 0 Å². The van der Waals surface area contributed by atoms with Crippen molar-refractivity contribution in [3.05, 3.63) is 16.6 Å². The van der Waals surface area contributed by atoms with Crippen molar-refractivity contribution in [2.75, 3.05) is 13.7 Å². The minimum Gasteiger partial charge on any atom is -0.383 e. The number of methoxy groups -OCH3 is 1. The topological polar surface area (TPSA) is 48.1 Å². The van der Waals surface area contributed by atoms with Gasteiger partial charge in [0, 0.05) is 30.6 Å². The first kappa shape index (κ1) is 9.64. The fourth-order valence-corrected chi connectivity index (χ4v) is 1.88. The van der Waals surface area contributed by atoms with E-state index >= 15 is 0 Å². The van der Waals surface area contributed by atoms with Crippen LogP contribution < -0.4 is 5.73 Å². The van der Waals surface area contributed by atoms with Crippen LogP contribution in [0.5, 0.6) is 0 Å². The second-order valence-electron chi connectivity index (χ2n) is 3.19. The lowest BCUT2D eigenvalue weighted by atomic mass is 10.0. The predicted octanol–water partition coefficient (Wildman–Crippen LogP) is 1.05. The Morgan fingerprint density at radius 3 is 3.00 bits per heavy atom. The van der Waals surface area contributed by atoms with Crippen LogP contribution in [0, 0.1) is 0 Å². The number of thiazole rings is 1.